The normalized spacial score (nSPS) is 10.7. The van der Waals surface area contributed by atoms with Crippen LogP contribution in [-0.4, -0.2) is 43.4 Å². The second-order valence-corrected chi connectivity index (χ2v) is 7.80. The highest BCUT2D eigenvalue weighted by molar-refractivity contribution is 5.94. The van der Waals surface area contributed by atoms with Gasteiger partial charge in [-0.2, -0.15) is 0 Å². The Balaban J connectivity index is 1.43. The van der Waals surface area contributed by atoms with Gasteiger partial charge in [0.15, 0.2) is 11.5 Å². The maximum absolute atomic E-state index is 12.8. The number of aromatic nitrogens is 2. The Morgan fingerprint density at radius 3 is 2.49 bits per heavy atom. The van der Waals surface area contributed by atoms with Crippen molar-refractivity contribution >= 4 is 16.9 Å². The molecule has 8 heteroatoms. The van der Waals surface area contributed by atoms with Gasteiger partial charge in [-0.1, -0.05) is 18.2 Å². The van der Waals surface area contributed by atoms with Gasteiger partial charge in [0, 0.05) is 18.2 Å². The van der Waals surface area contributed by atoms with Crippen LogP contribution in [-0.2, 0) is 13.1 Å². The second-order valence-electron chi connectivity index (χ2n) is 7.80. The van der Waals surface area contributed by atoms with Gasteiger partial charge in [-0.05, 0) is 48.9 Å². The Bertz CT molecular complexity index is 1300. The highest BCUT2D eigenvalue weighted by Crippen LogP contribution is 2.27. The molecular formula is C27H29N3O5. The van der Waals surface area contributed by atoms with Crippen LogP contribution in [0.1, 0.15) is 22.6 Å². The first-order valence-corrected chi connectivity index (χ1v) is 11.3. The third-order valence-corrected chi connectivity index (χ3v) is 5.62. The molecule has 0 spiro atoms. The minimum atomic E-state index is -0.217. The summed E-state index contributed by atoms with van der Waals surface area (Å²) < 4.78 is 23.8. The molecule has 0 saturated heterocycles. The fraction of sp³-hybridized carbons (Fsp3) is 0.259. The van der Waals surface area contributed by atoms with E-state index in [1.807, 2.05) is 48.5 Å². The van der Waals surface area contributed by atoms with Crippen LogP contribution >= 0.6 is 0 Å². The van der Waals surface area contributed by atoms with E-state index in [1.165, 1.54) is 0 Å². The summed E-state index contributed by atoms with van der Waals surface area (Å²) in [6.45, 7) is 1.53. The number of hydrogen-bond acceptors (Lipinski definition) is 6. The monoisotopic (exact) mass is 475 g/mol. The molecule has 0 bridgehead atoms. The van der Waals surface area contributed by atoms with Crippen LogP contribution in [0, 0.1) is 0 Å². The van der Waals surface area contributed by atoms with Crippen molar-refractivity contribution in [1.29, 1.82) is 0 Å². The number of carbonyl (C=O) groups is 1. The average molecular weight is 476 g/mol. The van der Waals surface area contributed by atoms with Crippen LogP contribution in [0.5, 0.6) is 23.0 Å². The number of imidazole rings is 1. The molecule has 0 aliphatic rings. The molecule has 0 aliphatic carbocycles. The van der Waals surface area contributed by atoms with Crippen molar-refractivity contribution < 1.29 is 23.7 Å². The summed E-state index contributed by atoms with van der Waals surface area (Å²) in [5.41, 5.74) is 2.39. The molecule has 1 N–H and O–H groups in total. The molecule has 4 aromatic rings. The first-order valence-electron chi connectivity index (χ1n) is 11.3. The summed E-state index contributed by atoms with van der Waals surface area (Å²) in [7, 11) is 4.73. The standard InChI is InChI=1S/C27H29N3O5/c1-32-20-8-6-9-21(17-20)35-15-7-14-30-23-11-5-4-10-22(23)29-26(30)18-28-27(31)19-12-13-24(33-2)25(16-19)34-3/h4-6,8-13,16-17H,7,14-15,18H2,1-3H3,(H,28,31). The average Bonchev–Trinajstić information content (AvgIpc) is 3.26. The molecule has 0 unspecified atom stereocenters. The first-order chi connectivity index (χ1) is 17.1. The van der Waals surface area contributed by atoms with Crippen LogP contribution in [0.3, 0.4) is 0 Å². The molecule has 0 saturated carbocycles. The molecule has 1 amide bonds. The largest absolute Gasteiger partial charge is 0.497 e. The number of fused-ring (bicyclic) bond motifs is 1. The number of nitrogens with zero attached hydrogens (tertiary/aromatic N) is 2. The first kappa shape index (κ1) is 23.9. The van der Waals surface area contributed by atoms with Crippen molar-refractivity contribution in [2.45, 2.75) is 19.5 Å². The zero-order chi connectivity index (χ0) is 24.6. The van der Waals surface area contributed by atoms with Gasteiger partial charge in [0.25, 0.3) is 5.91 Å². The number of rotatable bonds is 11. The molecule has 1 heterocycles. The Kier molecular flexibility index (Phi) is 7.72. The van der Waals surface area contributed by atoms with Gasteiger partial charge in [0.2, 0.25) is 0 Å². The van der Waals surface area contributed by atoms with Gasteiger partial charge < -0.3 is 28.8 Å². The summed E-state index contributed by atoms with van der Waals surface area (Å²) in [6, 6.07) is 20.6. The fourth-order valence-electron chi connectivity index (χ4n) is 3.85. The number of methoxy groups -OCH3 is 3. The fourth-order valence-corrected chi connectivity index (χ4v) is 3.85. The molecule has 3 aromatic carbocycles. The van der Waals surface area contributed by atoms with Gasteiger partial charge in [0.1, 0.15) is 17.3 Å². The molecule has 0 radical (unpaired) electrons. The number of benzene rings is 3. The number of ether oxygens (including phenoxy) is 4. The van der Waals surface area contributed by atoms with Gasteiger partial charge in [-0.15, -0.1) is 0 Å². The molecule has 0 atom stereocenters. The summed E-state index contributed by atoms with van der Waals surface area (Å²) >= 11 is 0. The number of para-hydroxylation sites is 2. The highest BCUT2D eigenvalue weighted by Gasteiger charge is 2.14. The van der Waals surface area contributed by atoms with E-state index < -0.39 is 0 Å². The van der Waals surface area contributed by atoms with Crippen LogP contribution in [0.25, 0.3) is 11.0 Å². The summed E-state index contributed by atoms with van der Waals surface area (Å²) in [5, 5.41) is 2.97. The number of amides is 1. The van der Waals surface area contributed by atoms with E-state index in [-0.39, 0.29) is 5.91 Å². The Morgan fingerprint density at radius 1 is 0.886 bits per heavy atom. The predicted octanol–water partition coefficient (Wildman–Crippen LogP) is 4.46. The highest BCUT2D eigenvalue weighted by atomic mass is 16.5. The van der Waals surface area contributed by atoms with Crippen molar-refractivity contribution in [3.05, 3.63) is 78.1 Å². The lowest BCUT2D eigenvalue weighted by Gasteiger charge is -2.12. The van der Waals surface area contributed by atoms with E-state index in [2.05, 4.69) is 9.88 Å². The molecule has 182 valence electrons. The van der Waals surface area contributed by atoms with Gasteiger partial charge in [-0.25, -0.2) is 4.98 Å². The maximum atomic E-state index is 12.8. The zero-order valence-electron chi connectivity index (χ0n) is 20.1. The van der Waals surface area contributed by atoms with Crippen LogP contribution in [0.4, 0.5) is 0 Å². The van der Waals surface area contributed by atoms with Crippen molar-refractivity contribution in [2.75, 3.05) is 27.9 Å². The molecule has 0 aliphatic heterocycles. The second kappa shape index (κ2) is 11.3. The maximum Gasteiger partial charge on any atom is 0.251 e. The minimum Gasteiger partial charge on any atom is -0.497 e. The molecule has 4 rings (SSSR count). The SMILES string of the molecule is COc1cccc(OCCCn2c(CNC(=O)c3ccc(OC)c(OC)c3)nc3ccccc32)c1. The van der Waals surface area contributed by atoms with E-state index in [9.17, 15) is 4.79 Å². The molecule has 8 nitrogen and oxygen atoms in total. The number of nitrogens with one attached hydrogen (secondary N) is 1. The van der Waals surface area contributed by atoms with E-state index in [0.29, 0.717) is 36.8 Å². The van der Waals surface area contributed by atoms with Crippen LogP contribution in [0.2, 0.25) is 0 Å². The van der Waals surface area contributed by atoms with E-state index in [0.717, 1.165) is 34.8 Å². The van der Waals surface area contributed by atoms with E-state index in [4.69, 9.17) is 23.9 Å². The number of hydrogen-bond donors (Lipinski definition) is 1. The Morgan fingerprint density at radius 2 is 1.69 bits per heavy atom. The van der Waals surface area contributed by atoms with Crippen LogP contribution in [0.15, 0.2) is 66.7 Å². The van der Waals surface area contributed by atoms with E-state index in [1.54, 1.807) is 39.5 Å². The quantitative estimate of drug-likeness (QED) is 0.323. The molecule has 35 heavy (non-hydrogen) atoms. The van der Waals surface area contributed by atoms with Crippen molar-refractivity contribution in [3.63, 3.8) is 0 Å². The lowest BCUT2D eigenvalue weighted by molar-refractivity contribution is 0.0949. The zero-order valence-corrected chi connectivity index (χ0v) is 20.1. The lowest BCUT2D eigenvalue weighted by atomic mass is 10.2. The Labute approximate surface area is 204 Å². The van der Waals surface area contributed by atoms with Crippen molar-refractivity contribution in [2.24, 2.45) is 0 Å². The Hall–Kier alpha value is -4.20. The summed E-state index contributed by atoms with van der Waals surface area (Å²) in [6.07, 6.45) is 0.772. The molecular weight excluding hydrogens is 446 g/mol. The van der Waals surface area contributed by atoms with Crippen LogP contribution < -0.4 is 24.3 Å². The van der Waals surface area contributed by atoms with Gasteiger partial charge in [-0.3, -0.25) is 4.79 Å². The number of aryl methyl sites for hydroxylation is 1. The van der Waals surface area contributed by atoms with E-state index >= 15 is 0 Å². The van der Waals surface area contributed by atoms with Gasteiger partial charge in [0.05, 0.1) is 45.5 Å². The summed E-state index contributed by atoms with van der Waals surface area (Å²) in [5.74, 6) is 3.16. The lowest BCUT2D eigenvalue weighted by Crippen LogP contribution is -2.25. The summed E-state index contributed by atoms with van der Waals surface area (Å²) in [4.78, 5) is 17.6. The third-order valence-electron chi connectivity index (χ3n) is 5.62. The van der Waals surface area contributed by atoms with Crippen molar-refractivity contribution in [1.82, 2.24) is 14.9 Å². The number of carbonyl (C=O) groups excluding carboxylic acids is 1. The van der Waals surface area contributed by atoms with Crippen molar-refractivity contribution in [3.8, 4) is 23.0 Å². The smallest absolute Gasteiger partial charge is 0.251 e. The minimum absolute atomic E-state index is 0.217. The van der Waals surface area contributed by atoms with Gasteiger partial charge >= 0.3 is 0 Å². The third kappa shape index (κ3) is 5.66. The topological polar surface area (TPSA) is 83.8 Å². The predicted molar refractivity (Wildman–Crippen MR) is 134 cm³/mol. The molecule has 0 fully saturated rings. The molecule has 1 aromatic heterocycles.